The van der Waals surface area contributed by atoms with Crippen molar-refractivity contribution in [1.29, 1.82) is 0 Å². The second-order valence-corrected chi connectivity index (χ2v) is 3.71. The number of hydrogen-bond acceptors (Lipinski definition) is 2. The fourth-order valence-electron chi connectivity index (χ4n) is 1.29. The molecule has 0 aliphatic carbocycles. The summed E-state index contributed by atoms with van der Waals surface area (Å²) in [6.07, 6.45) is 4.42. The molecule has 0 saturated heterocycles. The molecule has 0 spiro atoms. The van der Waals surface area contributed by atoms with Crippen molar-refractivity contribution in [3.63, 3.8) is 0 Å². The van der Waals surface area contributed by atoms with Gasteiger partial charge in [-0.1, -0.05) is 12.1 Å². The van der Waals surface area contributed by atoms with Crippen LogP contribution < -0.4 is 16.0 Å². The molecule has 1 aromatic carbocycles. The van der Waals surface area contributed by atoms with E-state index in [1.807, 2.05) is 0 Å². The zero-order valence-corrected chi connectivity index (χ0v) is 10.4. The van der Waals surface area contributed by atoms with Gasteiger partial charge in [-0.2, -0.15) is 0 Å². The van der Waals surface area contributed by atoms with Crippen molar-refractivity contribution in [2.24, 2.45) is 0 Å². The van der Waals surface area contributed by atoms with E-state index in [9.17, 15) is 14.0 Å². The molecule has 6 heteroatoms. The molecule has 3 N–H and O–H groups in total. The van der Waals surface area contributed by atoms with Crippen LogP contribution in [0.3, 0.4) is 0 Å². The van der Waals surface area contributed by atoms with Crippen molar-refractivity contribution >= 4 is 18.5 Å². The molecule has 0 aliphatic rings. The Hall–Kier alpha value is -2.37. The molecule has 1 aromatic rings. The topological polar surface area (TPSA) is 70.2 Å². The van der Waals surface area contributed by atoms with E-state index in [0.29, 0.717) is 25.9 Å². The number of amides is 3. The van der Waals surface area contributed by atoms with Crippen LogP contribution in [0.15, 0.2) is 30.5 Å². The van der Waals surface area contributed by atoms with E-state index in [1.165, 1.54) is 18.3 Å². The van der Waals surface area contributed by atoms with Crippen molar-refractivity contribution in [2.75, 3.05) is 13.1 Å². The van der Waals surface area contributed by atoms with Gasteiger partial charge in [-0.15, -0.1) is 0 Å². The van der Waals surface area contributed by atoms with Gasteiger partial charge >= 0.3 is 6.03 Å². The van der Waals surface area contributed by atoms with E-state index in [0.717, 1.165) is 5.56 Å². The van der Waals surface area contributed by atoms with Gasteiger partial charge in [0.25, 0.3) is 0 Å². The van der Waals surface area contributed by atoms with E-state index < -0.39 is 0 Å². The Morgan fingerprint density at radius 2 is 1.95 bits per heavy atom. The van der Waals surface area contributed by atoms with Crippen molar-refractivity contribution < 1.29 is 14.0 Å². The highest BCUT2D eigenvalue weighted by Crippen LogP contribution is 2.03. The quantitative estimate of drug-likeness (QED) is 0.512. The summed E-state index contributed by atoms with van der Waals surface area (Å²) in [4.78, 5) is 21.3. The molecular weight excluding hydrogens is 249 g/mol. The SMILES string of the molecule is O=CNCCCNC(=O)N/C=C/c1ccc(F)cc1. The maximum absolute atomic E-state index is 12.6. The van der Waals surface area contributed by atoms with Gasteiger partial charge in [-0.05, 0) is 30.2 Å². The predicted octanol–water partition coefficient (Wildman–Crippen LogP) is 1.23. The number of hydrogen-bond donors (Lipinski definition) is 3. The fraction of sp³-hybridized carbons (Fsp3) is 0.231. The highest BCUT2D eigenvalue weighted by Gasteiger charge is 1.95. The first-order chi connectivity index (χ1) is 9.22. The van der Waals surface area contributed by atoms with Gasteiger partial charge in [-0.3, -0.25) is 4.79 Å². The Kier molecular flexibility index (Phi) is 6.71. The van der Waals surface area contributed by atoms with Crippen LogP contribution in [0, 0.1) is 5.82 Å². The van der Waals surface area contributed by atoms with Crippen LogP contribution in [0.5, 0.6) is 0 Å². The predicted molar refractivity (Wildman–Crippen MR) is 70.7 cm³/mol. The Bertz CT molecular complexity index is 432. The molecule has 19 heavy (non-hydrogen) atoms. The van der Waals surface area contributed by atoms with E-state index in [-0.39, 0.29) is 11.8 Å². The van der Waals surface area contributed by atoms with Crippen LogP contribution >= 0.6 is 0 Å². The molecule has 0 aromatic heterocycles. The maximum atomic E-state index is 12.6. The summed E-state index contributed by atoms with van der Waals surface area (Å²) < 4.78 is 12.6. The number of urea groups is 1. The molecule has 0 aliphatic heterocycles. The number of benzene rings is 1. The molecule has 0 saturated carbocycles. The lowest BCUT2D eigenvalue weighted by atomic mass is 10.2. The molecular formula is C13H16FN3O2. The smallest absolute Gasteiger partial charge is 0.318 e. The Balaban J connectivity index is 2.18. The summed E-state index contributed by atoms with van der Waals surface area (Å²) in [5.41, 5.74) is 0.789. The maximum Gasteiger partial charge on any atom is 0.318 e. The van der Waals surface area contributed by atoms with Crippen LogP contribution in [0.25, 0.3) is 6.08 Å². The fourth-order valence-corrected chi connectivity index (χ4v) is 1.29. The van der Waals surface area contributed by atoms with Gasteiger partial charge in [0, 0.05) is 19.3 Å². The molecule has 3 amide bonds. The highest BCUT2D eigenvalue weighted by molar-refractivity contribution is 5.75. The Labute approximate surface area is 110 Å². The van der Waals surface area contributed by atoms with Crippen LogP contribution in [0.2, 0.25) is 0 Å². The third-order valence-electron chi connectivity index (χ3n) is 2.23. The van der Waals surface area contributed by atoms with Crippen LogP contribution in [-0.4, -0.2) is 25.5 Å². The summed E-state index contributed by atoms with van der Waals surface area (Å²) in [6, 6.07) is 5.58. The minimum Gasteiger partial charge on any atom is -0.359 e. The summed E-state index contributed by atoms with van der Waals surface area (Å²) in [5.74, 6) is -0.299. The number of halogens is 1. The monoisotopic (exact) mass is 265 g/mol. The van der Waals surface area contributed by atoms with Crippen molar-refractivity contribution in [3.8, 4) is 0 Å². The second-order valence-electron chi connectivity index (χ2n) is 3.71. The number of nitrogens with one attached hydrogen (secondary N) is 3. The van der Waals surface area contributed by atoms with Gasteiger partial charge in [0.05, 0.1) is 0 Å². The lowest BCUT2D eigenvalue weighted by molar-refractivity contribution is -0.109. The minimum absolute atomic E-state index is 0.299. The van der Waals surface area contributed by atoms with Gasteiger partial charge in [0.15, 0.2) is 0 Å². The lowest BCUT2D eigenvalue weighted by Gasteiger charge is -2.03. The molecule has 5 nitrogen and oxygen atoms in total. The number of carbonyl (C=O) groups excluding carboxylic acids is 2. The summed E-state index contributed by atoms with van der Waals surface area (Å²) in [5, 5.41) is 7.64. The lowest BCUT2D eigenvalue weighted by Crippen LogP contribution is -2.33. The highest BCUT2D eigenvalue weighted by atomic mass is 19.1. The first-order valence-corrected chi connectivity index (χ1v) is 5.86. The van der Waals surface area contributed by atoms with Gasteiger partial charge < -0.3 is 16.0 Å². The van der Waals surface area contributed by atoms with Crippen LogP contribution in [-0.2, 0) is 4.79 Å². The summed E-state index contributed by atoms with van der Waals surface area (Å²) in [6.45, 7) is 0.992. The molecule has 0 radical (unpaired) electrons. The van der Waals surface area contributed by atoms with E-state index in [1.54, 1.807) is 18.2 Å². The molecule has 0 bridgehead atoms. The molecule has 0 fully saturated rings. The first kappa shape index (κ1) is 14.7. The summed E-state index contributed by atoms with van der Waals surface area (Å²) in [7, 11) is 0. The van der Waals surface area contributed by atoms with Crippen molar-refractivity contribution in [1.82, 2.24) is 16.0 Å². The van der Waals surface area contributed by atoms with Crippen molar-refractivity contribution in [2.45, 2.75) is 6.42 Å². The molecule has 1 rings (SSSR count). The third kappa shape index (κ3) is 6.82. The largest absolute Gasteiger partial charge is 0.359 e. The average Bonchev–Trinajstić information content (AvgIpc) is 2.41. The van der Waals surface area contributed by atoms with Crippen LogP contribution in [0.4, 0.5) is 9.18 Å². The second kappa shape index (κ2) is 8.68. The summed E-state index contributed by atoms with van der Waals surface area (Å²) >= 11 is 0. The zero-order valence-electron chi connectivity index (χ0n) is 10.4. The molecule has 0 heterocycles. The van der Waals surface area contributed by atoms with Gasteiger partial charge in [-0.25, -0.2) is 9.18 Å². The number of rotatable bonds is 7. The van der Waals surface area contributed by atoms with E-state index in [2.05, 4.69) is 16.0 Å². The molecule has 102 valence electrons. The Morgan fingerprint density at radius 3 is 2.63 bits per heavy atom. The average molecular weight is 265 g/mol. The zero-order chi connectivity index (χ0) is 13.9. The molecule has 0 atom stereocenters. The van der Waals surface area contributed by atoms with Crippen LogP contribution in [0.1, 0.15) is 12.0 Å². The van der Waals surface area contributed by atoms with Gasteiger partial charge in [0.1, 0.15) is 5.82 Å². The van der Waals surface area contributed by atoms with Gasteiger partial charge in [0.2, 0.25) is 6.41 Å². The van der Waals surface area contributed by atoms with E-state index >= 15 is 0 Å². The first-order valence-electron chi connectivity index (χ1n) is 5.86. The number of carbonyl (C=O) groups is 2. The van der Waals surface area contributed by atoms with Crippen molar-refractivity contribution in [3.05, 3.63) is 41.8 Å². The normalized spacial score (nSPS) is 10.2. The van der Waals surface area contributed by atoms with E-state index in [4.69, 9.17) is 0 Å². The minimum atomic E-state index is -0.329. The standard InChI is InChI=1S/C13H16FN3O2/c14-12-4-2-11(3-5-12)6-9-17-13(19)16-8-1-7-15-10-18/h2-6,9-10H,1,7-8H2,(H,15,18)(H2,16,17,19)/b9-6+. The Morgan fingerprint density at radius 1 is 1.21 bits per heavy atom. The molecule has 0 unspecified atom stereocenters. The third-order valence-corrected chi connectivity index (χ3v) is 2.23.